The van der Waals surface area contributed by atoms with E-state index in [4.69, 9.17) is 5.73 Å². The van der Waals surface area contributed by atoms with Crippen LogP contribution in [0.25, 0.3) is 11.0 Å². The smallest absolute Gasteiger partial charge is 0.126 e. The molecule has 0 bridgehead atoms. The Morgan fingerprint density at radius 1 is 1.47 bits per heavy atom. The molecule has 0 saturated carbocycles. The van der Waals surface area contributed by atoms with Crippen LogP contribution in [0.4, 0.5) is 0 Å². The van der Waals surface area contributed by atoms with Gasteiger partial charge in [0.25, 0.3) is 0 Å². The minimum Gasteiger partial charge on any atom is -0.330 e. The number of fused-ring (bicyclic) bond motifs is 1. The van der Waals surface area contributed by atoms with Crippen LogP contribution in [-0.2, 0) is 7.05 Å². The van der Waals surface area contributed by atoms with E-state index in [1.807, 2.05) is 23.9 Å². The summed E-state index contributed by atoms with van der Waals surface area (Å²) in [5.74, 6) is 2.06. The Bertz CT molecular complexity index is 519. The average Bonchev–Trinajstić information content (AvgIpc) is 2.65. The maximum Gasteiger partial charge on any atom is 0.126 e. The zero-order chi connectivity index (χ0) is 12.4. The van der Waals surface area contributed by atoms with Gasteiger partial charge in [-0.2, -0.15) is 11.8 Å². The van der Waals surface area contributed by atoms with Gasteiger partial charge in [-0.25, -0.2) is 4.98 Å². The highest BCUT2D eigenvalue weighted by Gasteiger charge is 2.15. The molecule has 1 aromatic heterocycles. The van der Waals surface area contributed by atoms with Gasteiger partial charge in [0.1, 0.15) is 5.82 Å². The first kappa shape index (κ1) is 12.5. The molecule has 3 nitrogen and oxygen atoms in total. The molecule has 1 heterocycles. The highest BCUT2D eigenvalue weighted by molar-refractivity contribution is 7.98. The lowest BCUT2D eigenvalue weighted by Gasteiger charge is -2.11. The zero-order valence-electron chi connectivity index (χ0n) is 10.6. The number of benzene rings is 1. The number of rotatable bonds is 4. The van der Waals surface area contributed by atoms with Crippen molar-refractivity contribution in [2.75, 3.05) is 12.0 Å². The molecule has 1 atom stereocenters. The van der Waals surface area contributed by atoms with E-state index in [2.05, 4.69) is 35.8 Å². The van der Waals surface area contributed by atoms with Crippen LogP contribution in [0.3, 0.4) is 0 Å². The first-order valence-electron chi connectivity index (χ1n) is 5.81. The van der Waals surface area contributed by atoms with Crippen LogP contribution in [0.1, 0.15) is 23.9 Å². The van der Waals surface area contributed by atoms with Crippen molar-refractivity contribution >= 4 is 22.8 Å². The number of aryl methyl sites for hydroxylation is 2. The fraction of sp³-hybridized carbons (Fsp3) is 0.462. The summed E-state index contributed by atoms with van der Waals surface area (Å²) in [6.07, 6.45) is 3.07. The van der Waals surface area contributed by atoms with Crippen LogP contribution < -0.4 is 5.73 Å². The molecule has 2 rings (SSSR count). The summed E-state index contributed by atoms with van der Waals surface area (Å²) < 4.78 is 2.13. The Morgan fingerprint density at radius 2 is 2.24 bits per heavy atom. The lowest BCUT2D eigenvalue weighted by Crippen LogP contribution is -2.16. The van der Waals surface area contributed by atoms with Crippen LogP contribution in [-0.4, -0.2) is 21.6 Å². The van der Waals surface area contributed by atoms with Crippen LogP contribution in [0.15, 0.2) is 18.2 Å². The fourth-order valence-corrected chi connectivity index (χ4v) is 2.68. The van der Waals surface area contributed by atoms with Crippen molar-refractivity contribution in [3.63, 3.8) is 0 Å². The molecular formula is C13H19N3S. The van der Waals surface area contributed by atoms with E-state index in [1.54, 1.807) is 0 Å². The quantitative estimate of drug-likeness (QED) is 0.906. The Morgan fingerprint density at radius 3 is 2.88 bits per heavy atom. The number of para-hydroxylation sites is 1. The van der Waals surface area contributed by atoms with Crippen LogP contribution in [0.2, 0.25) is 0 Å². The Hall–Kier alpha value is -1.00. The predicted molar refractivity (Wildman–Crippen MR) is 75.4 cm³/mol. The van der Waals surface area contributed by atoms with Gasteiger partial charge in [0.15, 0.2) is 0 Å². The lowest BCUT2D eigenvalue weighted by atomic mass is 10.2. The van der Waals surface area contributed by atoms with E-state index in [9.17, 15) is 0 Å². The molecule has 92 valence electrons. The molecule has 0 radical (unpaired) electrons. The highest BCUT2D eigenvalue weighted by Crippen LogP contribution is 2.23. The maximum atomic E-state index is 6.20. The molecule has 1 aromatic carbocycles. The van der Waals surface area contributed by atoms with Gasteiger partial charge >= 0.3 is 0 Å². The summed E-state index contributed by atoms with van der Waals surface area (Å²) in [6, 6.07) is 6.23. The first-order chi connectivity index (χ1) is 8.15. The van der Waals surface area contributed by atoms with Gasteiger partial charge in [-0.3, -0.25) is 0 Å². The van der Waals surface area contributed by atoms with Gasteiger partial charge in [0.2, 0.25) is 0 Å². The van der Waals surface area contributed by atoms with Gasteiger partial charge in [0.05, 0.1) is 17.1 Å². The van der Waals surface area contributed by atoms with E-state index in [0.29, 0.717) is 0 Å². The first-order valence-corrected chi connectivity index (χ1v) is 7.21. The molecule has 0 spiro atoms. The van der Waals surface area contributed by atoms with E-state index in [1.165, 1.54) is 11.1 Å². The molecular weight excluding hydrogens is 230 g/mol. The number of hydrogen-bond donors (Lipinski definition) is 1. The van der Waals surface area contributed by atoms with Crippen molar-refractivity contribution in [2.24, 2.45) is 12.8 Å². The molecule has 0 amide bonds. The summed E-state index contributed by atoms with van der Waals surface area (Å²) in [7, 11) is 2.05. The third-order valence-corrected chi connectivity index (χ3v) is 3.74. The summed E-state index contributed by atoms with van der Waals surface area (Å²) in [6.45, 7) is 2.11. The minimum absolute atomic E-state index is 0.0271. The van der Waals surface area contributed by atoms with E-state index < -0.39 is 0 Å². The van der Waals surface area contributed by atoms with E-state index in [-0.39, 0.29) is 6.04 Å². The monoisotopic (exact) mass is 249 g/mol. The summed E-state index contributed by atoms with van der Waals surface area (Å²) in [5, 5.41) is 0. The molecule has 0 fully saturated rings. The molecule has 1 unspecified atom stereocenters. The SMILES string of the molecule is CSCCC(N)c1nc2cccc(C)c2n1C. The summed E-state index contributed by atoms with van der Waals surface area (Å²) in [4.78, 5) is 4.65. The largest absolute Gasteiger partial charge is 0.330 e. The van der Waals surface area contributed by atoms with E-state index >= 15 is 0 Å². The third-order valence-electron chi connectivity index (χ3n) is 3.10. The second-order valence-corrected chi connectivity index (χ2v) is 5.35. The Labute approximate surface area is 106 Å². The van der Waals surface area contributed by atoms with Crippen molar-refractivity contribution in [3.05, 3.63) is 29.6 Å². The Balaban J connectivity index is 2.42. The summed E-state index contributed by atoms with van der Waals surface area (Å²) >= 11 is 1.82. The highest BCUT2D eigenvalue weighted by atomic mass is 32.2. The van der Waals surface area contributed by atoms with Crippen molar-refractivity contribution in [1.82, 2.24) is 9.55 Å². The molecule has 4 heteroatoms. The van der Waals surface area contributed by atoms with Crippen molar-refractivity contribution in [2.45, 2.75) is 19.4 Å². The number of imidazole rings is 1. The van der Waals surface area contributed by atoms with Crippen LogP contribution in [0, 0.1) is 6.92 Å². The molecule has 0 saturated heterocycles. The number of nitrogens with two attached hydrogens (primary N) is 1. The lowest BCUT2D eigenvalue weighted by molar-refractivity contribution is 0.627. The average molecular weight is 249 g/mol. The standard InChI is InChI=1S/C13H19N3S/c1-9-5-4-6-11-12(9)16(2)13(15-11)10(14)7-8-17-3/h4-6,10H,7-8,14H2,1-3H3. The molecule has 0 aliphatic carbocycles. The number of nitrogens with zero attached hydrogens (tertiary/aromatic N) is 2. The van der Waals surface area contributed by atoms with Gasteiger partial charge in [-0.1, -0.05) is 12.1 Å². The second-order valence-electron chi connectivity index (χ2n) is 4.36. The molecule has 0 aliphatic heterocycles. The van der Waals surface area contributed by atoms with Gasteiger partial charge in [-0.05, 0) is 37.0 Å². The number of thioether (sulfide) groups is 1. The van der Waals surface area contributed by atoms with Crippen molar-refractivity contribution < 1.29 is 0 Å². The zero-order valence-corrected chi connectivity index (χ0v) is 11.4. The normalized spacial score (nSPS) is 13.2. The number of hydrogen-bond acceptors (Lipinski definition) is 3. The van der Waals surface area contributed by atoms with Crippen LogP contribution >= 0.6 is 11.8 Å². The van der Waals surface area contributed by atoms with Gasteiger partial charge < -0.3 is 10.3 Å². The van der Waals surface area contributed by atoms with Gasteiger partial charge in [0, 0.05) is 7.05 Å². The molecule has 17 heavy (non-hydrogen) atoms. The molecule has 2 aromatic rings. The van der Waals surface area contributed by atoms with Gasteiger partial charge in [-0.15, -0.1) is 0 Å². The molecule has 0 aliphatic rings. The summed E-state index contributed by atoms with van der Waals surface area (Å²) in [5.41, 5.74) is 9.69. The topological polar surface area (TPSA) is 43.8 Å². The molecule has 2 N–H and O–H groups in total. The fourth-order valence-electron chi connectivity index (χ4n) is 2.19. The number of aromatic nitrogens is 2. The predicted octanol–water partition coefficient (Wildman–Crippen LogP) is 2.63. The minimum atomic E-state index is 0.0271. The Kier molecular flexibility index (Phi) is 3.74. The van der Waals surface area contributed by atoms with Crippen LogP contribution in [0.5, 0.6) is 0 Å². The second kappa shape index (κ2) is 5.10. The van der Waals surface area contributed by atoms with Crippen molar-refractivity contribution in [3.8, 4) is 0 Å². The van der Waals surface area contributed by atoms with E-state index in [0.717, 1.165) is 23.5 Å². The van der Waals surface area contributed by atoms with Crippen molar-refractivity contribution in [1.29, 1.82) is 0 Å². The third kappa shape index (κ3) is 2.33. The maximum absolute atomic E-state index is 6.20.